The van der Waals surface area contributed by atoms with Crippen LogP contribution in [0.5, 0.6) is 0 Å². The van der Waals surface area contributed by atoms with E-state index < -0.39 is 16.1 Å². The molecule has 0 radical (unpaired) electrons. The molecule has 0 spiro atoms. The lowest BCUT2D eigenvalue weighted by atomic mass is 10.2. The zero-order valence-corrected chi connectivity index (χ0v) is 15.1. The zero-order valence-electron chi connectivity index (χ0n) is 14.3. The Hall–Kier alpha value is -2.47. The summed E-state index contributed by atoms with van der Waals surface area (Å²) in [5.74, 6) is -0.210. The van der Waals surface area contributed by atoms with E-state index in [1.165, 1.54) is 18.2 Å². The largest absolute Gasteiger partial charge is 0.412 e. The van der Waals surface area contributed by atoms with Gasteiger partial charge in [0, 0.05) is 19.3 Å². The number of carbonyl (C=O) groups is 1. The molecular weight excluding hydrogens is 364 g/mol. The third-order valence-electron chi connectivity index (χ3n) is 3.30. The highest BCUT2D eigenvalue weighted by atomic mass is 32.2. The average molecular weight is 388 g/mol. The number of rotatable bonds is 4. The summed E-state index contributed by atoms with van der Waals surface area (Å²) in [5.41, 5.74) is 0.911. The summed E-state index contributed by atoms with van der Waals surface area (Å²) < 4.78 is 31.2. The van der Waals surface area contributed by atoms with Crippen LogP contribution in [-0.2, 0) is 14.8 Å². The van der Waals surface area contributed by atoms with Crippen molar-refractivity contribution in [3.63, 3.8) is 0 Å². The van der Waals surface area contributed by atoms with E-state index in [4.69, 9.17) is 10.1 Å². The smallest absolute Gasteiger partial charge is 0.334 e. The van der Waals surface area contributed by atoms with Crippen molar-refractivity contribution < 1.29 is 28.9 Å². The quantitative estimate of drug-likeness (QED) is 0.449. The highest BCUT2D eigenvalue weighted by Gasteiger charge is 2.17. The molecule has 0 aromatic heterocycles. The number of hydrogen-bond donors (Lipinski definition) is 3. The van der Waals surface area contributed by atoms with Gasteiger partial charge in [-0.3, -0.25) is 10.7 Å². The van der Waals surface area contributed by atoms with Gasteiger partial charge in [-0.2, -0.15) is 0 Å². The second kappa shape index (κ2) is 10.5. The minimum absolute atomic E-state index is 0. The molecule has 0 saturated carbocycles. The molecule has 0 aliphatic carbocycles. The monoisotopic (exact) mass is 388 g/mol. The molecule has 26 heavy (non-hydrogen) atoms. The van der Waals surface area contributed by atoms with E-state index in [1.807, 2.05) is 16.5 Å². The van der Waals surface area contributed by atoms with Crippen molar-refractivity contribution in [1.82, 2.24) is 14.9 Å². The van der Waals surface area contributed by atoms with Gasteiger partial charge >= 0.3 is 6.03 Å². The number of morpholine rings is 1. The second-order valence-electron chi connectivity index (χ2n) is 5.25. The van der Waals surface area contributed by atoms with E-state index in [9.17, 15) is 13.2 Å². The Bertz CT molecular complexity index is 727. The maximum absolute atomic E-state index is 12.1. The number of nitrogens with zero attached hydrogens (tertiary/aromatic N) is 1. The van der Waals surface area contributed by atoms with Gasteiger partial charge in [-0.15, -0.1) is 0 Å². The minimum atomic E-state index is -3.97. The number of sulfonamides is 1. The fourth-order valence-corrected chi connectivity index (χ4v) is 2.90. The molecule has 0 unspecified atom stereocenters. The molecule has 0 atom stereocenters. The molecule has 1 saturated heterocycles. The van der Waals surface area contributed by atoms with E-state index >= 15 is 0 Å². The molecule has 1 fully saturated rings. The molecular formula is C15H24N4O6S. The molecule has 7 N–H and O–H groups in total. The lowest BCUT2D eigenvalue weighted by Gasteiger charge is -2.24. The average Bonchev–Trinajstić information content (AvgIpc) is 2.53. The summed E-state index contributed by atoms with van der Waals surface area (Å²) in [7, 11) is -3.97. The number of urea groups is 1. The van der Waals surface area contributed by atoms with Crippen molar-refractivity contribution in [2.45, 2.75) is 11.8 Å². The van der Waals surface area contributed by atoms with Gasteiger partial charge in [-0.25, -0.2) is 17.9 Å². The standard InChI is InChI=1S/C15H20N4O4S.2H2O/c1-12-2-4-13(5-3-12)24(21,22)18-15(20)17-14(16)6-7-19-8-10-23-11-9-19;;/h2-7H,8-11H2,1H3,(H3,16,17,18,20);2*1H2/b7-6+;;. The van der Waals surface area contributed by atoms with Crippen molar-refractivity contribution in [2.24, 2.45) is 0 Å². The first kappa shape index (κ1) is 23.5. The minimum Gasteiger partial charge on any atom is -0.412 e. The maximum Gasteiger partial charge on any atom is 0.334 e. The van der Waals surface area contributed by atoms with Gasteiger partial charge in [0.25, 0.3) is 10.0 Å². The summed E-state index contributed by atoms with van der Waals surface area (Å²) in [6.07, 6.45) is 3.06. The molecule has 2 amide bonds. The Kier molecular flexibility index (Phi) is 9.51. The lowest BCUT2D eigenvalue weighted by molar-refractivity contribution is 0.0594. The van der Waals surface area contributed by atoms with Gasteiger partial charge in [0.1, 0.15) is 5.84 Å². The first-order valence-electron chi connectivity index (χ1n) is 7.36. The predicted octanol–water partition coefficient (Wildman–Crippen LogP) is -0.843. The molecule has 1 aromatic carbocycles. The Morgan fingerprint density at radius 1 is 1.19 bits per heavy atom. The van der Waals surface area contributed by atoms with E-state index in [0.29, 0.717) is 26.3 Å². The Morgan fingerprint density at radius 3 is 2.35 bits per heavy atom. The van der Waals surface area contributed by atoms with E-state index in [1.54, 1.807) is 18.3 Å². The highest BCUT2D eigenvalue weighted by molar-refractivity contribution is 7.90. The number of carbonyl (C=O) groups excluding carboxylic acids is 1. The number of nitrogens with one attached hydrogen (secondary N) is 3. The van der Waals surface area contributed by atoms with Crippen LogP contribution in [-0.4, -0.2) is 62.4 Å². The summed E-state index contributed by atoms with van der Waals surface area (Å²) in [6, 6.07) is 5.12. The molecule has 1 aromatic rings. The topological polar surface area (TPSA) is 175 Å². The molecule has 11 heteroatoms. The van der Waals surface area contributed by atoms with Crippen LogP contribution >= 0.6 is 0 Å². The number of aryl methyl sites for hydroxylation is 1. The van der Waals surface area contributed by atoms with Crippen LogP contribution in [0.1, 0.15) is 5.56 Å². The van der Waals surface area contributed by atoms with Crippen LogP contribution in [0.2, 0.25) is 0 Å². The fraction of sp³-hybridized carbons (Fsp3) is 0.333. The summed E-state index contributed by atoms with van der Waals surface area (Å²) in [5, 5.41) is 9.83. The Balaban J connectivity index is 0.00000312. The molecule has 1 aliphatic heterocycles. The SMILES string of the molecule is Cc1ccc(S(=O)(=O)NC(=O)NC(=N)/C=C/N2CCOCC2)cc1.O.O. The van der Waals surface area contributed by atoms with Crippen LogP contribution in [0.3, 0.4) is 0 Å². The first-order chi connectivity index (χ1) is 11.4. The van der Waals surface area contributed by atoms with Crippen molar-refractivity contribution in [3.8, 4) is 0 Å². The highest BCUT2D eigenvalue weighted by Crippen LogP contribution is 2.09. The van der Waals surface area contributed by atoms with Gasteiger partial charge in [0.05, 0.1) is 18.1 Å². The predicted molar refractivity (Wildman–Crippen MR) is 96.5 cm³/mol. The van der Waals surface area contributed by atoms with Gasteiger partial charge in [-0.1, -0.05) is 17.7 Å². The zero-order chi connectivity index (χ0) is 17.6. The van der Waals surface area contributed by atoms with Gasteiger partial charge in [0.2, 0.25) is 0 Å². The van der Waals surface area contributed by atoms with Crippen LogP contribution in [0.25, 0.3) is 0 Å². The van der Waals surface area contributed by atoms with Crippen molar-refractivity contribution in [1.29, 1.82) is 5.41 Å². The third-order valence-corrected chi connectivity index (χ3v) is 4.65. The Morgan fingerprint density at radius 2 is 1.77 bits per heavy atom. The first-order valence-corrected chi connectivity index (χ1v) is 8.84. The summed E-state index contributed by atoms with van der Waals surface area (Å²) in [4.78, 5) is 13.7. The number of benzene rings is 1. The molecule has 146 valence electrons. The number of hydrogen-bond acceptors (Lipinski definition) is 6. The van der Waals surface area contributed by atoms with Crippen LogP contribution in [0.15, 0.2) is 41.4 Å². The van der Waals surface area contributed by atoms with Crippen LogP contribution < -0.4 is 10.0 Å². The van der Waals surface area contributed by atoms with E-state index in [-0.39, 0.29) is 21.7 Å². The number of ether oxygens (including phenoxy) is 1. The fourth-order valence-electron chi connectivity index (χ4n) is 1.99. The lowest BCUT2D eigenvalue weighted by Crippen LogP contribution is -2.41. The molecule has 0 bridgehead atoms. The number of amidine groups is 1. The van der Waals surface area contributed by atoms with Crippen LogP contribution in [0, 0.1) is 12.3 Å². The normalized spacial score (nSPS) is 14.1. The Labute approximate surface area is 152 Å². The maximum atomic E-state index is 12.1. The summed E-state index contributed by atoms with van der Waals surface area (Å²) in [6.45, 7) is 4.47. The third kappa shape index (κ3) is 7.19. The van der Waals surface area contributed by atoms with Crippen molar-refractivity contribution in [2.75, 3.05) is 26.3 Å². The number of amides is 2. The molecule has 1 heterocycles. The summed E-state index contributed by atoms with van der Waals surface area (Å²) >= 11 is 0. The van der Waals surface area contributed by atoms with E-state index in [2.05, 4.69) is 5.32 Å². The van der Waals surface area contributed by atoms with Gasteiger partial charge < -0.3 is 20.6 Å². The van der Waals surface area contributed by atoms with Crippen LogP contribution in [0.4, 0.5) is 4.79 Å². The van der Waals surface area contributed by atoms with Gasteiger partial charge in [0.15, 0.2) is 0 Å². The van der Waals surface area contributed by atoms with Crippen molar-refractivity contribution >= 4 is 21.9 Å². The van der Waals surface area contributed by atoms with E-state index in [0.717, 1.165) is 5.56 Å². The van der Waals surface area contributed by atoms with Gasteiger partial charge in [-0.05, 0) is 25.1 Å². The molecule has 2 rings (SSSR count). The second-order valence-corrected chi connectivity index (χ2v) is 6.93. The molecule has 1 aliphatic rings. The molecule has 10 nitrogen and oxygen atoms in total. The van der Waals surface area contributed by atoms with Crippen molar-refractivity contribution in [3.05, 3.63) is 42.1 Å².